The highest BCUT2D eigenvalue weighted by Crippen LogP contribution is 2.26. The van der Waals surface area contributed by atoms with Gasteiger partial charge in [0, 0.05) is 24.1 Å². The lowest BCUT2D eigenvalue weighted by Crippen LogP contribution is -2.38. The standard InChI is InChI=1S/C21H19BrN6O2S2/c1-3-17-25-26-21-28(17)27-19(32-21)13-6-4-12(5-7-13)11-23-20(31)24-18(29)14-8-9-16(30-2)15(22)10-14/h4-10H,3,11H2,1-2H3,(H2,23,24,29,31). The zero-order valence-electron chi connectivity index (χ0n) is 17.3. The summed E-state index contributed by atoms with van der Waals surface area (Å²) < 4.78 is 7.67. The zero-order chi connectivity index (χ0) is 22.7. The summed E-state index contributed by atoms with van der Waals surface area (Å²) in [6, 6.07) is 13.1. The number of hydrogen-bond acceptors (Lipinski definition) is 7. The van der Waals surface area contributed by atoms with Gasteiger partial charge in [0.05, 0.1) is 11.6 Å². The first-order valence-corrected chi connectivity index (χ1v) is 11.7. The van der Waals surface area contributed by atoms with Gasteiger partial charge in [-0.2, -0.15) is 9.61 Å². The Labute approximate surface area is 202 Å². The third kappa shape index (κ3) is 4.79. The topological polar surface area (TPSA) is 93.4 Å². The number of aryl methyl sites for hydroxylation is 1. The molecule has 0 spiro atoms. The van der Waals surface area contributed by atoms with Crippen LogP contribution in [0.25, 0.3) is 15.5 Å². The maximum absolute atomic E-state index is 12.4. The van der Waals surface area contributed by atoms with E-state index in [0.717, 1.165) is 33.3 Å². The SMILES string of the molecule is CCc1nnc2sc(-c3ccc(CNC(=S)NC(=O)c4ccc(OC)c(Br)c4)cc3)nn12. The van der Waals surface area contributed by atoms with Crippen molar-refractivity contribution < 1.29 is 9.53 Å². The summed E-state index contributed by atoms with van der Waals surface area (Å²) in [7, 11) is 1.57. The van der Waals surface area contributed by atoms with Crippen LogP contribution in [0, 0.1) is 0 Å². The Balaban J connectivity index is 1.34. The molecule has 2 aromatic heterocycles. The Morgan fingerprint density at radius 2 is 2.00 bits per heavy atom. The lowest BCUT2D eigenvalue weighted by atomic mass is 10.1. The predicted molar refractivity (Wildman–Crippen MR) is 131 cm³/mol. The van der Waals surface area contributed by atoms with Gasteiger partial charge >= 0.3 is 0 Å². The van der Waals surface area contributed by atoms with Crippen LogP contribution in [-0.2, 0) is 13.0 Å². The van der Waals surface area contributed by atoms with Gasteiger partial charge in [-0.15, -0.1) is 10.2 Å². The van der Waals surface area contributed by atoms with E-state index in [-0.39, 0.29) is 11.0 Å². The first kappa shape index (κ1) is 22.3. The monoisotopic (exact) mass is 530 g/mol. The highest BCUT2D eigenvalue weighted by molar-refractivity contribution is 9.10. The van der Waals surface area contributed by atoms with E-state index in [1.54, 1.807) is 29.8 Å². The average Bonchev–Trinajstić information content (AvgIpc) is 3.38. The number of hydrogen-bond donors (Lipinski definition) is 2. The van der Waals surface area contributed by atoms with Crippen LogP contribution < -0.4 is 15.4 Å². The summed E-state index contributed by atoms with van der Waals surface area (Å²) in [4.78, 5) is 13.2. The highest BCUT2D eigenvalue weighted by Gasteiger charge is 2.13. The average molecular weight is 531 g/mol. The predicted octanol–water partition coefficient (Wildman–Crippen LogP) is 3.99. The van der Waals surface area contributed by atoms with Crippen LogP contribution in [0.1, 0.15) is 28.7 Å². The maximum Gasteiger partial charge on any atom is 0.257 e. The lowest BCUT2D eigenvalue weighted by molar-refractivity contribution is 0.0976. The highest BCUT2D eigenvalue weighted by atomic mass is 79.9. The number of halogens is 1. The number of rotatable bonds is 6. The molecule has 32 heavy (non-hydrogen) atoms. The summed E-state index contributed by atoms with van der Waals surface area (Å²) in [6.07, 6.45) is 0.779. The normalized spacial score (nSPS) is 10.8. The molecule has 0 bridgehead atoms. The van der Waals surface area contributed by atoms with E-state index in [9.17, 15) is 4.79 Å². The van der Waals surface area contributed by atoms with E-state index in [2.05, 4.69) is 41.9 Å². The molecule has 2 N–H and O–H groups in total. The molecule has 2 aromatic carbocycles. The molecule has 4 aromatic rings. The number of carbonyl (C=O) groups excluding carboxylic acids is 1. The summed E-state index contributed by atoms with van der Waals surface area (Å²) in [5.41, 5.74) is 2.50. The van der Waals surface area contributed by atoms with Crippen molar-refractivity contribution in [2.75, 3.05) is 7.11 Å². The molecule has 0 saturated heterocycles. The Kier molecular flexibility index (Phi) is 6.77. The van der Waals surface area contributed by atoms with Crippen molar-refractivity contribution in [1.29, 1.82) is 0 Å². The second-order valence-corrected chi connectivity index (χ2v) is 8.97. The maximum atomic E-state index is 12.4. The number of nitrogens with zero attached hydrogens (tertiary/aromatic N) is 4. The molecule has 0 unspecified atom stereocenters. The van der Waals surface area contributed by atoms with Gasteiger partial charge < -0.3 is 10.1 Å². The van der Waals surface area contributed by atoms with Gasteiger partial charge in [0.1, 0.15) is 10.8 Å². The van der Waals surface area contributed by atoms with E-state index in [1.807, 2.05) is 31.2 Å². The number of aromatic nitrogens is 4. The van der Waals surface area contributed by atoms with Gasteiger partial charge in [0.2, 0.25) is 4.96 Å². The molecule has 1 amide bonds. The van der Waals surface area contributed by atoms with E-state index < -0.39 is 0 Å². The molecule has 0 aliphatic rings. The quantitative estimate of drug-likeness (QED) is 0.364. The Bertz CT molecular complexity index is 1290. The summed E-state index contributed by atoms with van der Waals surface area (Å²) >= 11 is 10.1. The van der Waals surface area contributed by atoms with Crippen molar-refractivity contribution in [3.05, 3.63) is 63.9 Å². The van der Waals surface area contributed by atoms with E-state index in [4.69, 9.17) is 17.0 Å². The first-order valence-electron chi connectivity index (χ1n) is 9.71. The van der Waals surface area contributed by atoms with Gasteiger partial charge in [-0.3, -0.25) is 10.1 Å². The van der Waals surface area contributed by atoms with Crippen LogP contribution in [0.4, 0.5) is 0 Å². The minimum absolute atomic E-state index is 0.256. The number of fused-ring (bicyclic) bond motifs is 1. The van der Waals surface area contributed by atoms with Crippen molar-refractivity contribution in [3.8, 4) is 16.3 Å². The number of ether oxygens (including phenoxy) is 1. The van der Waals surface area contributed by atoms with Gasteiger partial charge in [0.15, 0.2) is 10.9 Å². The van der Waals surface area contributed by atoms with Crippen LogP contribution in [0.5, 0.6) is 5.75 Å². The van der Waals surface area contributed by atoms with Crippen molar-refractivity contribution in [3.63, 3.8) is 0 Å². The van der Waals surface area contributed by atoms with E-state index in [1.165, 1.54) is 11.3 Å². The fourth-order valence-electron chi connectivity index (χ4n) is 2.97. The number of carbonyl (C=O) groups is 1. The van der Waals surface area contributed by atoms with E-state index in [0.29, 0.717) is 22.3 Å². The fourth-order valence-corrected chi connectivity index (χ4v) is 4.54. The molecule has 0 atom stereocenters. The van der Waals surface area contributed by atoms with Crippen LogP contribution in [-0.4, -0.2) is 37.9 Å². The molecular formula is C21H19BrN6O2S2. The molecule has 2 heterocycles. The molecular weight excluding hydrogens is 512 g/mol. The summed E-state index contributed by atoms with van der Waals surface area (Å²) in [5, 5.41) is 19.8. The van der Waals surface area contributed by atoms with Gasteiger partial charge in [0.25, 0.3) is 5.91 Å². The molecule has 4 rings (SSSR count). The minimum atomic E-state index is -0.295. The lowest BCUT2D eigenvalue weighted by Gasteiger charge is -2.11. The number of amides is 1. The summed E-state index contributed by atoms with van der Waals surface area (Å²) in [5.74, 6) is 1.21. The third-order valence-electron chi connectivity index (χ3n) is 4.67. The van der Waals surface area contributed by atoms with Crippen LogP contribution in [0.15, 0.2) is 46.9 Å². The second-order valence-electron chi connectivity index (χ2n) is 6.75. The number of thiocarbonyl (C=S) groups is 1. The largest absolute Gasteiger partial charge is 0.496 e. The van der Waals surface area contributed by atoms with Crippen molar-refractivity contribution in [2.45, 2.75) is 19.9 Å². The second kappa shape index (κ2) is 9.72. The number of methoxy groups -OCH3 is 1. The molecule has 0 radical (unpaired) electrons. The van der Waals surface area contributed by atoms with Crippen molar-refractivity contribution >= 4 is 55.5 Å². The van der Waals surface area contributed by atoms with Crippen molar-refractivity contribution in [2.24, 2.45) is 0 Å². The molecule has 11 heteroatoms. The molecule has 0 aliphatic carbocycles. The fraction of sp³-hybridized carbons (Fsp3) is 0.190. The van der Waals surface area contributed by atoms with Crippen LogP contribution in [0.3, 0.4) is 0 Å². The Morgan fingerprint density at radius 3 is 2.69 bits per heavy atom. The van der Waals surface area contributed by atoms with Crippen LogP contribution in [0.2, 0.25) is 0 Å². The summed E-state index contributed by atoms with van der Waals surface area (Å²) in [6.45, 7) is 2.51. The smallest absolute Gasteiger partial charge is 0.257 e. The third-order valence-corrected chi connectivity index (χ3v) is 6.48. The Hall–Kier alpha value is -2.89. The van der Waals surface area contributed by atoms with Gasteiger partial charge in [-0.1, -0.05) is 42.5 Å². The van der Waals surface area contributed by atoms with Crippen LogP contribution >= 0.6 is 39.5 Å². The zero-order valence-corrected chi connectivity index (χ0v) is 20.5. The molecule has 164 valence electrons. The molecule has 8 nitrogen and oxygen atoms in total. The van der Waals surface area contributed by atoms with Crippen molar-refractivity contribution in [1.82, 2.24) is 30.4 Å². The molecule has 0 saturated carbocycles. The number of benzene rings is 2. The van der Waals surface area contributed by atoms with Gasteiger partial charge in [-0.25, -0.2) is 0 Å². The first-order chi connectivity index (χ1) is 15.5. The van der Waals surface area contributed by atoms with E-state index >= 15 is 0 Å². The number of nitrogens with one attached hydrogen (secondary N) is 2. The molecule has 0 aliphatic heterocycles. The molecule has 0 fully saturated rings. The van der Waals surface area contributed by atoms with Gasteiger partial charge in [-0.05, 0) is 51.9 Å². The Morgan fingerprint density at radius 1 is 1.22 bits per heavy atom. The minimum Gasteiger partial charge on any atom is -0.496 e.